The van der Waals surface area contributed by atoms with Crippen molar-refractivity contribution < 1.29 is 5.11 Å². The van der Waals surface area contributed by atoms with Crippen molar-refractivity contribution in [3.8, 4) is 0 Å². The summed E-state index contributed by atoms with van der Waals surface area (Å²) < 4.78 is 0. The molecule has 0 aromatic heterocycles. The Kier molecular flexibility index (Phi) is 2.95. The van der Waals surface area contributed by atoms with Gasteiger partial charge in [0.2, 0.25) is 0 Å². The van der Waals surface area contributed by atoms with Crippen molar-refractivity contribution in [1.82, 2.24) is 0 Å². The van der Waals surface area contributed by atoms with Crippen molar-refractivity contribution in [2.45, 2.75) is 19.4 Å². The second kappa shape index (κ2) is 3.78. The van der Waals surface area contributed by atoms with Gasteiger partial charge in [0.15, 0.2) is 0 Å². The highest BCUT2D eigenvalue weighted by Gasteiger charge is 2.09. The Bertz CT molecular complexity index is 275. The minimum Gasteiger partial charge on any atom is -0.397 e. The number of aliphatic hydroxyl groups excluding tert-OH is 1. The molecule has 1 rings (SSSR count). The molecule has 1 aromatic carbocycles. The zero-order valence-electron chi connectivity index (χ0n) is 6.92. The second-order valence-corrected chi connectivity index (χ2v) is 3.07. The first-order chi connectivity index (χ1) is 5.66. The number of nitrogens with two attached hydrogens (primary N) is 1. The van der Waals surface area contributed by atoms with E-state index in [2.05, 4.69) is 0 Å². The lowest BCUT2D eigenvalue weighted by atomic mass is 10.1. The molecule has 0 bridgehead atoms. The molecule has 1 atom stereocenters. The number of benzene rings is 1. The fourth-order valence-electron chi connectivity index (χ4n) is 1.06. The van der Waals surface area contributed by atoms with Crippen LogP contribution in [0.5, 0.6) is 0 Å². The van der Waals surface area contributed by atoms with Crippen LogP contribution in [0.1, 0.15) is 25.0 Å². The van der Waals surface area contributed by atoms with Gasteiger partial charge in [0.1, 0.15) is 0 Å². The van der Waals surface area contributed by atoms with E-state index in [-0.39, 0.29) is 0 Å². The molecule has 1 unspecified atom stereocenters. The van der Waals surface area contributed by atoms with Crippen LogP contribution in [-0.2, 0) is 0 Å². The SMILES string of the molecule is CCC(O)c1cccc(Cl)c1N. The molecule has 0 amide bonds. The van der Waals surface area contributed by atoms with E-state index >= 15 is 0 Å². The standard InChI is InChI=1S/C9H12ClNO/c1-2-8(12)6-4-3-5-7(10)9(6)11/h3-5,8,12H,2,11H2,1H3. The number of anilines is 1. The van der Waals surface area contributed by atoms with Gasteiger partial charge < -0.3 is 10.8 Å². The molecule has 0 saturated carbocycles. The molecule has 12 heavy (non-hydrogen) atoms. The highest BCUT2D eigenvalue weighted by atomic mass is 35.5. The maximum Gasteiger partial charge on any atom is 0.0807 e. The summed E-state index contributed by atoms with van der Waals surface area (Å²) in [6.45, 7) is 1.89. The monoisotopic (exact) mass is 185 g/mol. The molecule has 3 heteroatoms. The Hall–Kier alpha value is -0.730. The van der Waals surface area contributed by atoms with Gasteiger partial charge in [-0.3, -0.25) is 0 Å². The van der Waals surface area contributed by atoms with E-state index in [4.69, 9.17) is 17.3 Å². The summed E-state index contributed by atoms with van der Waals surface area (Å²) in [6, 6.07) is 5.28. The Morgan fingerprint density at radius 2 is 2.25 bits per heavy atom. The van der Waals surface area contributed by atoms with Gasteiger partial charge in [-0.05, 0) is 12.5 Å². The van der Waals surface area contributed by atoms with Crippen LogP contribution < -0.4 is 5.73 Å². The Balaban J connectivity index is 3.07. The molecule has 0 radical (unpaired) electrons. The van der Waals surface area contributed by atoms with Crippen LogP contribution in [-0.4, -0.2) is 5.11 Å². The van der Waals surface area contributed by atoms with E-state index in [1.165, 1.54) is 0 Å². The topological polar surface area (TPSA) is 46.2 Å². The Morgan fingerprint density at radius 3 is 2.83 bits per heavy atom. The summed E-state index contributed by atoms with van der Waals surface area (Å²) in [7, 11) is 0. The van der Waals surface area contributed by atoms with Crippen LogP contribution in [0, 0.1) is 0 Å². The number of nitrogen functional groups attached to an aromatic ring is 1. The largest absolute Gasteiger partial charge is 0.397 e. The fourth-order valence-corrected chi connectivity index (χ4v) is 1.25. The van der Waals surface area contributed by atoms with E-state index in [1.54, 1.807) is 18.2 Å². The van der Waals surface area contributed by atoms with Crippen LogP contribution in [0.2, 0.25) is 5.02 Å². The smallest absolute Gasteiger partial charge is 0.0807 e. The highest BCUT2D eigenvalue weighted by Crippen LogP contribution is 2.28. The number of aliphatic hydroxyl groups is 1. The van der Waals surface area contributed by atoms with Gasteiger partial charge in [0, 0.05) is 5.56 Å². The number of hydrogen-bond acceptors (Lipinski definition) is 2. The fraction of sp³-hybridized carbons (Fsp3) is 0.333. The normalized spacial score (nSPS) is 12.9. The van der Waals surface area contributed by atoms with Crippen molar-refractivity contribution >= 4 is 17.3 Å². The van der Waals surface area contributed by atoms with Crippen molar-refractivity contribution in [3.05, 3.63) is 28.8 Å². The molecular weight excluding hydrogens is 174 g/mol. The van der Waals surface area contributed by atoms with Gasteiger partial charge in [-0.25, -0.2) is 0 Å². The molecule has 0 aliphatic rings. The van der Waals surface area contributed by atoms with Crippen LogP contribution in [0.4, 0.5) is 5.69 Å². The van der Waals surface area contributed by atoms with Crippen LogP contribution in [0.25, 0.3) is 0 Å². The van der Waals surface area contributed by atoms with E-state index in [0.717, 1.165) is 0 Å². The number of para-hydroxylation sites is 1. The minimum atomic E-state index is -0.510. The average molecular weight is 186 g/mol. The van der Waals surface area contributed by atoms with E-state index < -0.39 is 6.10 Å². The van der Waals surface area contributed by atoms with Gasteiger partial charge in [0.25, 0.3) is 0 Å². The molecule has 0 fully saturated rings. The maximum absolute atomic E-state index is 9.50. The zero-order valence-corrected chi connectivity index (χ0v) is 7.67. The molecule has 0 spiro atoms. The summed E-state index contributed by atoms with van der Waals surface area (Å²) in [6.07, 6.45) is 0.133. The molecule has 1 aromatic rings. The van der Waals surface area contributed by atoms with E-state index in [1.807, 2.05) is 6.92 Å². The molecular formula is C9H12ClNO. The van der Waals surface area contributed by atoms with Crippen molar-refractivity contribution in [2.24, 2.45) is 0 Å². The summed E-state index contributed by atoms with van der Waals surface area (Å²) in [5, 5.41) is 10.00. The van der Waals surface area contributed by atoms with E-state index in [9.17, 15) is 5.11 Å². The number of halogens is 1. The second-order valence-electron chi connectivity index (χ2n) is 2.67. The molecule has 2 nitrogen and oxygen atoms in total. The molecule has 0 aliphatic heterocycles. The third-order valence-corrected chi connectivity index (χ3v) is 2.16. The predicted molar refractivity (Wildman–Crippen MR) is 51.1 cm³/mol. The lowest BCUT2D eigenvalue weighted by Crippen LogP contribution is -2.01. The van der Waals surface area contributed by atoms with Crippen molar-refractivity contribution in [2.75, 3.05) is 5.73 Å². The lowest BCUT2D eigenvalue weighted by Gasteiger charge is -2.11. The molecule has 66 valence electrons. The van der Waals surface area contributed by atoms with E-state index in [0.29, 0.717) is 22.7 Å². The summed E-state index contributed by atoms with van der Waals surface area (Å²) >= 11 is 5.78. The first-order valence-electron chi connectivity index (χ1n) is 3.88. The number of rotatable bonds is 2. The summed E-state index contributed by atoms with van der Waals surface area (Å²) in [5.41, 5.74) is 6.86. The van der Waals surface area contributed by atoms with Crippen molar-refractivity contribution in [3.63, 3.8) is 0 Å². The highest BCUT2D eigenvalue weighted by molar-refractivity contribution is 6.33. The van der Waals surface area contributed by atoms with Crippen molar-refractivity contribution in [1.29, 1.82) is 0 Å². The average Bonchev–Trinajstić information content (AvgIpc) is 2.08. The molecule has 0 saturated heterocycles. The number of hydrogen-bond donors (Lipinski definition) is 2. The third-order valence-electron chi connectivity index (χ3n) is 1.83. The summed E-state index contributed by atoms with van der Waals surface area (Å²) in [5.74, 6) is 0. The Labute approximate surface area is 77.0 Å². The minimum absolute atomic E-state index is 0.480. The molecule has 3 N–H and O–H groups in total. The van der Waals surface area contributed by atoms with Gasteiger partial charge in [-0.1, -0.05) is 30.7 Å². The lowest BCUT2D eigenvalue weighted by molar-refractivity contribution is 0.174. The van der Waals surface area contributed by atoms with Crippen LogP contribution in [0.15, 0.2) is 18.2 Å². The van der Waals surface area contributed by atoms with Gasteiger partial charge in [-0.2, -0.15) is 0 Å². The summed E-state index contributed by atoms with van der Waals surface area (Å²) in [4.78, 5) is 0. The zero-order chi connectivity index (χ0) is 9.14. The first kappa shape index (κ1) is 9.36. The quantitative estimate of drug-likeness (QED) is 0.695. The van der Waals surface area contributed by atoms with Gasteiger partial charge in [0.05, 0.1) is 16.8 Å². The predicted octanol–water partition coefficient (Wildman–Crippen LogP) is 2.37. The third kappa shape index (κ3) is 1.71. The van der Waals surface area contributed by atoms with Gasteiger partial charge >= 0.3 is 0 Å². The molecule has 0 aliphatic carbocycles. The Morgan fingerprint density at radius 1 is 1.58 bits per heavy atom. The van der Waals surface area contributed by atoms with Crippen LogP contribution in [0.3, 0.4) is 0 Å². The molecule has 0 heterocycles. The first-order valence-corrected chi connectivity index (χ1v) is 4.26. The van der Waals surface area contributed by atoms with Gasteiger partial charge in [-0.15, -0.1) is 0 Å². The maximum atomic E-state index is 9.50. The van der Waals surface area contributed by atoms with Crippen LogP contribution >= 0.6 is 11.6 Å².